The van der Waals surface area contributed by atoms with Gasteiger partial charge in [0.1, 0.15) is 0 Å². The molecule has 0 radical (unpaired) electrons. The van der Waals surface area contributed by atoms with Crippen LogP contribution in [-0.2, 0) is 9.53 Å². The summed E-state index contributed by atoms with van der Waals surface area (Å²) in [5.41, 5.74) is 0.638. The Kier molecular flexibility index (Phi) is 6.10. The van der Waals surface area contributed by atoms with Crippen molar-refractivity contribution in [2.24, 2.45) is 0 Å². The maximum absolute atomic E-state index is 12.3. The van der Waals surface area contributed by atoms with Gasteiger partial charge in [0, 0.05) is 42.2 Å². The van der Waals surface area contributed by atoms with Gasteiger partial charge in [0.2, 0.25) is 0 Å². The molecular weight excluding hydrogens is 366 g/mol. The maximum atomic E-state index is 12.3. The van der Waals surface area contributed by atoms with Crippen molar-refractivity contribution >= 4 is 40.7 Å². The number of carbonyl (C=O) groups is 2. The van der Waals surface area contributed by atoms with E-state index < -0.39 is 17.5 Å². The third kappa shape index (κ3) is 5.00. The summed E-state index contributed by atoms with van der Waals surface area (Å²) < 4.78 is 5.69. The van der Waals surface area contributed by atoms with Crippen LogP contribution in [0, 0.1) is 17.0 Å². The van der Waals surface area contributed by atoms with Gasteiger partial charge in [0.25, 0.3) is 11.6 Å². The third-order valence-corrected chi connectivity index (χ3v) is 5.15. The summed E-state index contributed by atoms with van der Waals surface area (Å²) in [7, 11) is 3.07. The van der Waals surface area contributed by atoms with Gasteiger partial charge < -0.3 is 9.64 Å². The van der Waals surface area contributed by atoms with Crippen LogP contribution >= 0.6 is 23.1 Å². The molecule has 25 heavy (non-hydrogen) atoms. The molecule has 1 aromatic heterocycles. The van der Waals surface area contributed by atoms with Crippen LogP contribution < -0.4 is 0 Å². The number of nitro benzene ring substituents is 1. The number of rotatable bonds is 6. The number of amides is 1. The summed E-state index contributed by atoms with van der Waals surface area (Å²) in [6.45, 7) is 1.41. The van der Waals surface area contributed by atoms with E-state index in [9.17, 15) is 19.7 Å². The Morgan fingerprint density at radius 2 is 2.12 bits per heavy atom. The monoisotopic (exact) mass is 381 g/mol. The van der Waals surface area contributed by atoms with Crippen LogP contribution in [0.2, 0.25) is 0 Å². The standard InChI is InChI=1S/C15H15N3O5S2/c1-9-8-24-15(16-9)25-12-5-4-10(18(21)22)6-11(12)14(20)23-7-13(19)17(2)3/h4-6,8H,7H2,1-3H3. The summed E-state index contributed by atoms with van der Waals surface area (Å²) in [5, 5.41) is 12.8. The van der Waals surface area contributed by atoms with Crippen LogP contribution in [0.15, 0.2) is 32.8 Å². The number of nitro groups is 1. The van der Waals surface area contributed by atoms with Crippen LogP contribution in [0.1, 0.15) is 16.1 Å². The van der Waals surface area contributed by atoms with Crippen molar-refractivity contribution < 1.29 is 19.2 Å². The zero-order valence-electron chi connectivity index (χ0n) is 13.7. The van der Waals surface area contributed by atoms with Gasteiger partial charge in [-0.15, -0.1) is 11.3 Å². The first-order valence-corrected chi connectivity index (χ1v) is 8.73. The van der Waals surface area contributed by atoms with Gasteiger partial charge in [0.15, 0.2) is 10.9 Å². The predicted molar refractivity (Wildman–Crippen MR) is 93.0 cm³/mol. The number of ether oxygens (including phenoxy) is 1. The normalized spacial score (nSPS) is 10.4. The Bertz CT molecular complexity index is 819. The van der Waals surface area contributed by atoms with Gasteiger partial charge in [-0.2, -0.15) is 0 Å². The molecule has 0 aliphatic carbocycles. The molecule has 1 amide bonds. The van der Waals surface area contributed by atoms with Gasteiger partial charge in [-0.05, 0) is 13.0 Å². The van der Waals surface area contributed by atoms with E-state index in [1.54, 1.807) is 0 Å². The number of aryl methyl sites for hydroxylation is 1. The molecule has 0 spiro atoms. The number of non-ortho nitro benzene ring substituents is 1. The summed E-state index contributed by atoms with van der Waals surface area (Å²) in [5.74, 6) is -1.18. The summed E-state index contributed by atoms with van der Waals surface area (Å²) in [6.07, 6.45) is 0. The topological polar surface area (TPSA) is 103 Å². The summed E-state index contributed by atoms with van der Waals surface area (Å²) in [6, 6.07) is 3.93. The highest BCUT2D eigenvalue weighted by Crippen LogP contribution is 2.34. The zero-order chi connectivity index (χ0) is 18.6. The molecule has 0 saturated carbocycles. The molecule has 1 aromatic carbocycles. The van der Waals surface area contributed by atoms with E-state index in [4.69, 9.17) is 4.74 Å². The van der Waals surface area contributed by atoms with E-state index >= 15 is 0 Å². The highest BCUT2D eigenvalue weighted by atomic mass is 32.2. The lowest BCUT2D eigenvalue weighted by Crippen LogP contribution is -2.27. The fraction of sp³-hybridized carbons (Fsp3) is 0.267. The zero-order valence-corrected chi connectivity index (χ0v) is 15.3. The maximum Gasteiger partial charge on any atom is 0.340 e. The molecule has 0 aliphatic rings. The molecular formula is C15H15N3O5S2. The van der Waals surface area contributed by atoms with Gasteiger partial charge in [0.05, 0.1) is 10.5 Å². The van der Waals surface area contributed by atoms with E-state index in [2.05, 4.69) is 4.98 Å². The molecule has 1 heterocycles. The van der Waals surface area contributed by atoms with Crippen molar-refractivity contribution in [1.82, 2.24) is 9.88 Å². The predicted octanol–water partition coefficient (Wildman–Crippen LogP) is 2.76. The molecule has 0 unspecified atom stereocenters. The van der Waals surface area contributed by atoms with E-state index in [-0.39, 0.29) is 17.2 Å². The van der Waals surface area contributed by atoms with E-state index in [1.165, 1.54) is 54.2 Å². The van der Waals surface area contributed by atoms with Gasteiger partial charge in [-0.25, -0.2) is 9.78 Å². The minimum absolute atomic E-state index is 0.0265. The molecule has 2 rings (SSSR count). The molecule has 0 atom stereocenters. The third-order valence-electron chi connectivity index (χ3n) is 3.01. The van der Waals surface area contributed by atoms with Gasteiger partial charge in [-0.1, -0.05) is 11.8 Å². The average Bonchev–Trinajstić information content (AvgIpc) is 2.97. The Morgan fingerprint density at radius 3 is 2.68 bits per heavy atom. The Morgan fingerprint density at radius 1 is 1.40 bits per heavy atom. The smallest absolute Gasteiger partial charge is 0.340 e. The lowest BCUT2D eigenvalue weighted by molar-refractivity contribution is -0.384. The van der Waals surface area contributed by atoms with Gasteiger partial charge in [-0.3, -0.25) is 14.9 Å². The molecule has 132 valence electrons. The number of thiazole rings is 1. The van der Waals surface area contributed by atoms with Crippen LogP contribution in [0.3, 0.4) is 0 Å². The number of carbonyl (C=O) groups excluding carboxylic acids is 2. The number of nitrogens with zero attached hydrogens (tertiary/aromatic N) is 3. The molecule has 0 bridgehead atoms. The molecule has 2 aromatic rings. The van der Waals surface area contributed by atoms with Crippen LogP contribution in [0.5, 0.6) is 0 Å². The van der Waals surface area contributed by atoms with Crippen LogP contribution in [0.25, 0.3) is 0 Å². The lowest BCUT2D eigenvalue weighted by Gasteiger charge is -2.11. The number of hydrogen-bond donors (Lipinski definition) is 0. The fourth-order valence-corrected chi connectivity index (χ4v) is 3.58. The van der Waals surface area contributed by atoms with Crippen molar-refractivity contribution in [3.05, 3.63) is 45.0 Å². The molecule has 0 aliphatic heterocycles. The largest absolute Gasteiger partial charge is 0.452 e. The van der Waals surface area contributed by atoms with Crippen LogP contribution in [0.4, 0.5) is 5.69 Å². The molecule has 0 N–H and O–H groups in total. The number of likely N-dealkylation sites (N-methyl/N-ethyl adjacent to an activating group) is 1. The van der Waals surface area contributed by atoms with Crippen molar-refractivity contribution in [2.75, 3.05) is 20.7 Å². The average molecular weight is 381 g/mol. The first-order valence-electron chi connectivity index (χ1n) is 7.03. The van der Waals surface area contributed by atoms with Crippen molar-refractivity contribution in [1.29, 1.82) is 0 Å². The number of esters is 1. The summed E-state index contributed by atoms with van der Waals surface area (Å²) in [4.78, 5) is 40.3. The van der Waals surface area contributed by atoms with E-state index in [0.717, 1.165) is 11.8 Å². The number of benzene rings is 1. The fourth-order valence-electron chi connectivity index (χ4n) is 1.69. The van der Waals surface area contributed by atoms with Crippen LogP contribution in [-0.4, -0.2) is 47.4 Å². The molecule has 10 heteroatoms. The lowest BCUT2D eigenvalue weighted by atomic mass is 10.2. The Balaban J connectivity index is 2.28. The first kappa shape index (κ1) is 18.9. The first-order chi connectivity index (χ1) is 11.8. The molecule has 0 saturated heterocycles. The Hall–Kier alpha value is -2.46. The van der Waals surface area contributed by atoms with Crippen molar-refractivity contribution in [3.8, 4) is 0 Å². The van der Waals surface area contributed by atoms with Crippen molar-refractivity contribution in [2.45, 2.75) is 16.2 Å². The second-order valence-electron chi connectivity index (χ2n) is 5.16. The minimum Gasteiger partial charge on any atom is -0.452 e. The minimum atomic E-state index is -0.797. The number of aromatic nitrogens is 1. The van der Waals surface area contributed by atoms with Crippen molar-refractivity contribution in [3.63, 3.8) is 0 Å². The van der Waals surface area contributed by atoms with E-state index in [0.29, 0.717) is 9.24 Å². The van der Waals surface area contributed by atoms with E-state index in [1.807, 2.05) is 12.3 Å². The quantitative estimate of drug-likeness (QED) is 0.430. The summed E-state index contributed by atoms with van der Waals surface area (Å²) >= 11 is 2.62. The molecule has 8 nitrogen and oxygen atoms in total. The van der Waals surface area contributed by atoms with Gasteiger partial charge >= 0.3 is 5.97 Å². The SMILES string of the molecule is Cc1csc(Sc2ccc([N+](=O)[O-])cc2C(=O)OCC(=O)N(C)C)n1. The number of hydrogen-bond acceptors (Lipinski definition) is 8. The highest BCUT2D eigenvalue weighted by Gasteiger charge is 2.20. The highest BCUT2D eigenvalue weighted by molar-refractivity contribution is 8.01. The second kappa shape index (κ2) is 8.08. The molecule has 0 fully saturated rings. The Labute approximate surface area is 152 Å². The second-order valence-corrected chi connectivity index (χ2v) is 7.31.